The average Bonchev–Trinajstić information content (AvgIpc) is 3.08. The second-order valence-corrected chi connectivity index (χ2v) is 5.00. The first-order valence-corrected chi connectivity index (χ1v) is 6.98. The number of carbonyl (C=O) groups excluding carboxylic acids is 1. The van der Waals surface area contributed by atoms with Gasteiger partial charge in [0.1, 0.15) is 23.7 Å². The van der Waals surface area contributed by atoms with Crippen LogP contribution in [0.4, 0.5) is 23.2 Å². The van der Waals surface area contributed by atoms with E-state index in [0.717, 1.165) is 24.3 Å². The highest BCUT2D eigenvalue weighted by Gasteiger charge is 2.36. The minimum atomic E-state index is -4.77. The van der Waals surface area contributed by atoms with Gasteiger partial charge < -0.3 is 5.32 Å². The Hall–Kier alpha value is -3.23. The Balaban J connectivity index is 2.02. The monoisotopic (exact) mass is 350 g/mol. The summed E-state index contributed by atoms with van der Waals surface area (Å²) in [4.78, 5) is 19.9. The Morgan fingerprint density at radius 2 is 1.96 bits per heavy atom. The highest BCUT2D eigenvalue weighted by molar-refractivity contribution is 6.04. The van der Waals surface area contributed by atoms with Gasteiger partial charge in [0, 0.05) is 18.1 Å². The van der Waals surface area contributed by atoms with Crippen LogP contribution in [-0.2, 0) is 6.18 Å². The maximum Gasteiger partial charge on any atom is 0.418 e. The molecule has 25 heavy (non-hydrogen) atoms. The van der Waals surface area contributed by atoms with Gasteiger partial charge >= 0.3 is 6.18 Å². The zero-order chi connectivity index (χ0) is 18.0. The van der Waals surface area contributed by atoms with Crippen LogP contribution in [0.15, 0.2) is 55.1 Å². The smallest absolute Gasteiger partial charge is 0.321 e. The quantitative estimate of drug-likeness (QED) is 0.733. The van der Waals surface area contributed by atoms with Crippen LogP contribution in [0.25, 0.3) is 5.82 Å². The number of anilines is 1. The number of hydrogen-bond donors (Lipinski definition) is 1. The summed E-state index contributed by atoms with van der Waals surface area (Å²) >= 11 is 0. The third kappa shape index (κ3) is 3.65. The Bertz CT molecular complexity index is 907. The van der Waals surface area contributed by atoms with Crippen molar-refractivity contribution < 1.29 is 22.4 Å². The predicted molar refractivity (Wildman–Crippen MR) is 80.7 cm³/mol. The van der Waals surface area contributed by atoms with Crippen molar-refractivity contribution in [2.24, 2.45) is 0 Å². The Morgan fingerprint density at radius 1 is 1.16 bits per heavy atom. The Labute approximate surface area is 139 Å². The van der Waals surface area contributed by atoms with Crippen LogP contribution in [-0.4, -0.2) is 20.4 Å². The van der Waals surface area contributed by atoms with E-state index in [2.05, 4.69) is 15.3 Å². The Kier molecular flexibility index (Phi) is 4.22. The number of amides is 1. The molecule has 9 heteroatoms. The van der Waals surface area contributed by atoms with Crippen molar-refractivity contribution in [1.29, 1.82) is 0 Å². The van der Waals surface area contributed by atoms with Crippen molar-refractivity contribution in [2.75, 3.05) is 5.32 Å². The summed E-state index contributed by atoms with van der Waals surface area (Å²) in [6, 6.07) is 6.71. The molecule has 1 amide bonds. The lowest BCUT2D eigenvalue weighted by Gasteiger charge is -2.13. The number of hydrogen-bond acceptors (Lipinski definition) is 3. The summed E-state index contributed by atoms with van der Waals surface area (Å²) in [6.07, 6.45) is -0.533. The van der Waals surface area contributed by atoms with E-state index in [9.17, 15) is 22.4 Å². The topological polar surface area (TPSA) is 59.8 Å². The predicted octanol–water partition coefficient (Wildman–Crippen LogP) is 3.68. The molecule has 0 saturated carbocycles. The van der Waals surface area contributed by atoms with Crippen molar-refractivity contribution in [2.45, 2.75) is 6.18 Å². The molecule has 0 fully saturated rings. The van der Waals surface area contributed by atoms with E-state index in [1.807, 2.05) is 0 Å². The normalized spacial score (nSPS) is 11.4. The summed E-state index contributed by atoms with van der Waals surface area (Å²) in [5.41, 5.74) is -1.99. The number of nitrogens with one attached hydrogen (secondary N) is 1. The molecule has 1 aromatic carbocycles. The molecule has 3 rings (SSSR count). The molecule has 128 valence electrons. The molecular weight excluding hydrogens is 340 g/mol. The first-order valence-electron chi connectivity index (χ1n) is 6.98. The number of halogens is 4. The van der Waals surface area contributed by atoms with Gasteiger partial charge in [0.2, 0.25) is 0 Å². The molecular formula is C16H10F4N4O. The van der Waals surface area contributed by atoms with Crippen LogP contribution < -0.4 is 5.32 Å². The van der Waals surface area contributed by atoms with E-state index in [1.54, 1.807) is 0 Å². The van der Waals surface area contributed by atoms with Crippen LogP contribution in [0.5, 0.6) is 0 Å². The minimum absolute atomic E-state index is 0.0213. The number of nitrogens with zero attached hydrogens (tertiary/aromatic N) is 3. The number of alkyl halides is 3. The van der Waals surface area contributed by atoms with E-state index >= 15 is 0 Å². The number of imidazole rings is 1. The number of rotatable bonds is 3. The zero-order valence-electron chi connectivity index (χ0n) is 12.5. The van der Waals surface area contributed by atoms with E-state index in [0.29, 0.717) is 0 Å². The average molecular weight is 350 g/mol. The van der Waals surface area contributed by atoms with Gasteiger partial charge in [-0.3, -0.25) is 9.36 Å². The summed E-state index contributed by atoms with van der Waals surface area (Å²) in [6.45, 7) is 0. The largest absolute Gasteiger partial charge is 0.418 e. The van der Waals surface area contributed by atoms with Crippen LogP contribution in [0.1, 0.15) is 16.1 Å². The van der Waals surface area contributed by atoms with Crippen molar-refractivity contribution in [3.63, 3.8) is 0 Å². The molecule has 2 heterocycles. The number of aromatic nitrogens is 3. The molecule has 0 spiro atoms. The fraction of sp³-hybridized carbons (Fsp3) is 0.0625. The van der Waals surface area contributed by atoms with Gasteiger partial charge in [-0.15, -0.1) is 0 Å². The molecule has 0 aliphatic heterocycles. The molecule has 0 bridgehead atoms. The highest BCUT2D eigenvalue weighted by atomic mass is 19.4. The first-order chi connectivity index (χ1) is 11.8. The molecule has 0 saturated heterocycles. The molecule has 2 aromatic heterocycles. The van der Waals surface area contributed by atoms with E-state index < -0.39 is 29.2 Å². The fourth-order valence-electron chi connectivity index (χ4n) is 2.15. The van der Waals surface area contributed by atoms with Crippen molar-refractivity contribution in [3.8, 4) is 5.82 Å². The van der Waals surface area contributed by atoms with Gasteiger partial charge in [0.05, 0.1) is 5.56 Å². The molecule has 0 radical (unpaired) electrons. The maximum atomic E-state index is 13.2. The van der Waals surface area contributed by atoms with Gasteiger partial charge in [-0.1, -0.05) is 6.07 Å². The van der Waals surface area contributed by atoms with E-state index in [1.165, 1.54) is 35.4 Å². The van der Waals surface area contributed by atoms with Crippen LogP contribution in [0.3, 0.4) is 0 Å². The maximum absolute atomic E-state index is 13.2. The number of benzene rings is 1. The molecule has 0 atom stereocenters. The van der Waals surface area contributed by atoms with Crippen LogP contribution >= 0.6 is 0 Å². The molecule has 0 aliphatic carbocycles. The zero-order valence-corrected chi connectivity index (χ0v) is 12.5. The van der Waals surface area contributed by atoms with Crippen molar-refractivity contribution >= 4 is 11.6 Å². The minimum Gasteiger partial charge on any atom is -0.321 e. The van der Waals surface area contributed by atoms with Crippen LogP contribution in [0, 0.1) is 5.82 Å². The summed E-state index contributed by atoms with van der Waals surface area (Å²) in [5.74, 6) is -1.64. The van der Waals surface area contributed by atoms with Crippen LogP contribution in [0.2, 0.25) is 0 Å². The lowest BCUT2D eigenvalue weighted by atomic mass is 10.1. The highest BCUT2D eigenvalue weighted by Crippen LogP contribution is 2.32. The van der Waals surface area contributed by atoms with E-state index in [4.69, 9.17) is 0 Å². The van der Waals surface area contributed by atoms with Gasteiger partial charge in [-0.2, -0.15) is 13.2 Å². The standard InChI is InChI=1S/C16H10F4N4O/c17-10-2-1-3-11(8-10)22-15(25)14-12(16(18,19)20)4-5-13(23-14)24-7-6-21-9-24/h1-9H,(H,22,25). The van der Waals surface area contributed by atoms with Gasteiger partial charge in [0.25, 0.3) is 5.91 Å². The second kappa shape index (κ2) is 6.34. The van der Waals surface area contributed by atoms with E-state index in [-0.39, 0.29) is 11.5 Å². The summed E-state index contributed by atoms with van der Waals surface area (Å²) in [5, 5.41) is 2.22. The van der Waals surface area contributed by atoms with Gasteiger partial charge in [-0.05, 0) is 30.3 Å². The SMILES string of the molecule is O=C(Nc1cccc(F)c1)c1nc(-n2ccnc2)ccc1C(F)(F)F. The first kappa shape index (κ1) is 16.6. The molecule has 0 aliphatic rings. The molecule has 0 unspecified atom stereocenters. The number of carbonyl (C=O) groups is 1. The lowest BCUT2D eigenvalue weighted by Crippen LogP contribution is -2.21. The molecule has 1 N–H and O–H groups in total. The summed E-state index contributed by atoms with van der Waals surface area (Å²) < 4.78 is 54.1. The number of pyridine rings is 1. The van der Waals surface area contributed by atoms with Gasteiger partial charge in [-0.25, -0.2) is 14.4 Å². The third-order valence-corrected chi connectivity index (χ3v) is 3.25. The summed E-state index contributed by atoms with van der Waals surface area (Å²) in [7, 11) is 0. The second-order valence-electron chi connectivity index (χ2n) is 5.00. The third-order valence-electron chi connectivity index (χ3n) is 3.25. The fourth-order valence-corrected chi connectivity index (χ4v) is 2.15. The van der Waals surface area contributed by atoms with Crippen molar-refractivity contribution in [1.82, 2.24) is 14.5 Å². The molecule has 5 nitrogen and oxygen atoms in total. The van der Waals surface area contributed by atoms with Gasteiger partial charge in [0.15, 0.2) is 0 Å². The van der Waals surface area contributed by atoms with Crippen molar-refractivity contribution in [3.05, 3.63) is 72.2 Å². The molecule has 3 aromatic rings. The lowest BCUT2D eigenvalue weighted by molar-refractivity contribution is -0.138. The Morgan fingerprint density at radius 3 is 2.60 bits per heavy atom.